The second kappa shape index (κ2) is 8.24. The second-order valence-corrected chi connectivity index (χ2v) is 9.99. The summed E-state index contributed by atoms with van der Waals surface area (Å²) >= 11 is 0. The van der Waals surface area contributed by atoms with Crippen molar-refractivity contribution in [2.24, 2.45) is 11.3 Å². The highest BCUT2D eigenvalue weighted by atomic mass is 16.3. The van der Waals surface area contributed by atoms with Crippen molar-refractivity contribution in [2.45, 2.75) is 63.8 Å². The van der Waals surface area contributed by atoms with Crippen LogP contribution in [0.3, 0.4) is 0 Å². The van der Waals surface area contributed by atoms with Crippen LogP contribution in [0.25, 0.3) is 0 Å². The lowest BCUT2D eigenvalue weighted by Gasteiger charge is -2.57. The summed E-state index contributed by atoms with van der Waals surface area (Å²) in [6, 6.07) is 15.8. The Morgan fingerprint density at radius 3 is 2.44 bits per heavy atom. The van der Waals surface area contributed by atoms with Crippen molar-refractivity contribution in [2.75, 3.05) is 0 Å². The van der Waals surface area contributed by atoms with E-state index in [1.807, 2.05) is 55.5 Å². The van der Waals surface area contributed by atoms with Gasteiger partial charge in [-0.1, -0.05) is 54.1 Å². The molecule has 2 unspecified atom stereocenters. The Kier molecular flexibility index (Phi) is 5.41. The Hall–Kier alpha value is -2.86. The van der Waals surface area contributed by atoms with Crippen LogP contribution in [0.1, 0.15) is 54.0 Å². The predicted octanol–water partition coefficient (Wildman–Crippen LogP) is 3.13. The van der Waals surface area contributed by atoms with Gasteiger partial charge in [0, 0.05) is 18.5 Å². The van der Waals surface area contributed by atoms with Crippen molar-refractivity contribution in [1.82, 2.24) is 16.0 Å². The molecule has 2 atom stereocenters. The SMILES string of the molecule is Cc1ccc(CNC(=O)NC2CC3(C2)CC(C(=O)NC2Cc4ccccc4C2O)C3)cc1. The van der Waals surface area contributed by atoms with Crippen LogP contribution in [0.15, 0.2) is 48.5 Å². The molecule has 1 spiro atoms. The zero-order valence-electron chi connectivity index (χ0n) is 18.4. The summed E-state index contributed by atoms with van der Waals surface area (Å²) in [5, 5.41) is 19.6. The van der Waals surface area contributed by atoms with Gasteiger partial charge in [-0.3, -0.25) is 4.79 Å². The van der Waals surface area contributed by atoms with Crippen LogP contribution in [-0.2, 0) is 17.8 Å². The van der Waals surface area contributed by atoms with Crippen LogP contribution in [-0.4, -0.2) is 29.1 Å². The Bertz CT molecular complexity index is 1010. The second-order valence-electron chi connectivity index (χ2n) is 9.99. The van der Waals surface area contributed by atoms with Gasteiger partial charge in [-0.05, 0) is 61.1 Å². The van der Waals surface area contributed by atoms with Crippen LogP contribution in [0.4, 0.5) is 4.79 Å². The number of nitrogens with one attached hydrogen (secondary N) is 3. The summed E-state index contributed by atoms with van der Waals surface area (Å²) in [5.41, 5.74) is 4.53. The number of aliphatic hydroxyl groups excluding tert-OH is 1. The van der Waals surface area contributed by atoms with Gasteiger partial charge < -0.3 is 21.1 Å². The van der Waals surface area contributed by atoms with Gasteiger partial charge in [0.05, 0.1) is 12.1 Å². The first-order valence-electron chi connectivity index (χ1n) is 11.6. The molecule has 0 aromatic heterocycles. The molecule has 6 heteroatoms. The molecule has 2 aromatic carbocycles. The highest BCUT2D eigenvalue weighted by molar-refractivity contribution is 5.80. The third-order valence-corrected chi connectivity index (χ3v) is 7.52. The molecule has 0 heterocycles. The van der Waals surface area contributed by atoms with E-state index in [0.717, 1.165) is 42.4 Å². The van der Waals surface area contributed by atoms with E-state index in [4.69, 9.17) is 0 Å². The molecule has 4 N–H and O–H groups in total. The smallest absolute Gasteiger partial charge is 0.315 e. The summed E-state index contributed by atoms with van der Waals surface area (Å²) in [4.78, 5) is 24.9. The monoisotopic (exact) mass is 433 g/mol. The number of aliphatic hydroxyl groups is 1. The number of fused-ring (bicyclic) bond motifs is 1. The summed E-state index contributed by atoms with van der Waals surface area (Å²) in [6.07, 6.45) is 3.68. The number of amides is 3. The predicted molar refractivity (Wildman–Crippen MR) is 122 cm³/mol. The Labute approximate surface area is 188 Å². The van der Waals surface area contributed by atoms with Gasteiger partial charge >= 0.3 is 6.03 Å². The molecule has 32 heavy (non-hydrogen) atoms. The van der Waals surface area contributed by atoms with Gasteiger partial charge in [-0.15, -0.1) is 0 Å². The van der Waals surface area contributed by atoms with Gasteiger partial charge in [-0.25, -0.2) is 4.79 Å². The van der Waals surface area contributed by atoms with E-state index >= 15 is 0 Å². The van der Waals surface area contributed by atoms with E-state index in [2.05, 4.69) is 16.0 Å². The van der Waals surface area contributed by atoms with E-state index in [-0.39, 0.29) is 35.4 Å². The molecule has 0 aliphatic heterocycles. The molecule has 5 rings (SSSR count). The average molecular weight is 434 g/mol. The van der Waals surface area contributed by atoms with Crippen LogP contribution in [0, 0.1) is 18.3 Å². The van der Waals surface area contributed by atoms with Crippen molar-refractivity contribution in [3.63, 3.8) is 0 Å². The number of benzene rings is 2. The third-order valence-electron chi connectivity index (χ3n) is 7.52. The lowest BCUT2D eigenvalue weighted by atomic mass is 9.50. The number of carbonyl (C=O) groups excluding carboxylic acids is 2. The standard InChI is InChI=1S/C26H31N3O3/c1-16-6-8-17(9-7-16)15-27-25(32)28-20-13-26(14-20)11-19(12-26)24(31)29-22-10-18-4-2-3-5-21(18)23(22)30/h2-9,19-20,22-23,30H,10-15H2,1H3,(H,29,31)(H2,27,28,32). The maximum Gasteiger partial charge on any atom is 0.315 e. The van der Waals surface area contributed by atoms with Crippen molar-refractivity contribution < 1.29 is 14.7 Å². The number of rotatable bonds is 5. The minimum absolute atomic E-state index is 0.0160. The molecule has 2 saturated carbocycles. The van der Waals surface area contributed by atoms with Gasteiger partial charge in [-0.2, -0.15) is 0 Å². The first-order chi connectivity index (χ1) is 15.4. The molecule has 2 fully saturated rings. The first-order valence-corrected chi connectivity index (χ1v) is 11.6. The van der Waals surface area contributed by atoms with Crippen molar-refractivity contribution in [3.05, 3.63) is 70.8 Å². The van der Waals surface area contributed by atoms with Gasteiger partial charge in [0.25, 0.3) is 0 Å². The molecule has 3 aliphatic carbocycles. The van der Waals surface area contributed by atoms with Crippen LogP contribution < -0.4 is 16.0 Å². The first kappa shape index (κ1) is 21.0. The van der Waals surface area contributed by atoms with Crippen molar-refractivity contribution in [3.8, 4) is 0 Å². The molecule has 0 bridgehead atoms. The number of hydrogen-bond donors (Lipinski definition) is 4. The van der Waals surface area contributed by atoms with Gasteiger partial charge in [0.15, 0.2) is 0 Å². The van der Waals surface area contributed by atoms with Crippen LogP contribution >= 0.6 is 0 Å². The maximum absolute atomic E-state index is 12.7. The lowest BCUT2D eigenvalue weighted by molar-refractivity contribution is -0.139. The minimum Gasteiger partial charge on any atom is -0.386 e. The van der Waals surface area contributed by atoms with E-state index < -0.39 is 6.10 Å². The zero-order valence-corrected chi connectivity index (χ0v) is 18.4. The van der Waals surface area contributed by atoms with Gasteiger partial charge in [0.1, 0.15) is 0 Å². The van der Waals surface area contributed by atoms with Crippen LogP contribution in [0.5, 0.6) is 0 Å². The molecule has 0 saturated heterocycles. The van der Waals surface area contributed by atoms with E-state index in [1.165, 1.54) is 5.56 Å². The molecule has 6 nitrogen and oxygen atoms in total. The minimum atomic E-state index is -0.625. The molecular formula is C26H31N3O3. The molecule has 3 amide bonds. The van der Waals surface area contributed by atoms with E-state index in [9.17, 15) is 14.7 Å². The maximum atomic E-state index is 12.7. The molecule has 3 aliphatic rings. The highest BCUT2D eigenvalue weighted by Gasteiger charge is 2.55. The third kappa shape index (κ3) is 4.11. The zero-order chi connectivity index (χ0) is 22.3. The number of aryl methyl sites for hydroxylation is 1. The van der Waals surface area contributed by atoms with E-state index in [0.29, 0.717) is 13.0 Å². The summed E-state index contributed by atoms with van der Waals surface area (Å²) in [6.45, 7) is 2.56. The normalized spacial score (nSPS) is 30.1. The molecular weight excluding hydrogens is 402 g/mol. The Morgan fingerprint density at radius 1 is 1.00 bits per heavy atom. The molecule has 2 aromatic rings. The fourth-order valence-electron chi connectivity index (χ4n) is 5.72. The van der Waals surface area contributed by atoms with Crippen LogP contribution in [0.2, 0.25) is 0 Å². The highest BCUT2D eigenvalue weighted by Crippen LogP contribution is 2.58. The fourth-order valence-corrected chi connectivity index (χ4v) is 5.72. The lowest BCUT2D eigenvalue weighted by Crippen LogP contribution is -2.60. The summed E-state index contributed by atoms with van der Waals surface area (Å²) in [7, 11) is 0. The molecule has 0 radical (unpaired) electrons. The molecule has 168 valence electrons. The summed E-state index contributed by atoms with van der Waals surface area (Å²) < 4.78 is 0. The fraction of sp³-hybridized carbons (Fsp3) is 0.462. The largest absolute Gasteiger partial charge is 0.386 e. The quantitative estimate of drug-likeness (QED) is 0.584. The van der Waals surface area contributed by atoms with Crippen molar-refractivity contribution in [1.29, 1.82) is 0 Å². The van der Waals surface area contributed by atoms with E-state index in [1.54, 1.807) is 0 Å². The average Bonchev–Trinajstić information content (AvgIpc) is 3.04. The van der Waals surface area contributed by atoms with Crippen molar-refractivity contribution >= 4 is 11.9 Å². The topological polar surface area (TPSA) is 90.5 Å². The summed E-state index contributed by atoms with van der Waals surface area (Å²) in [5.74, 6) is 0.0713. The number of urea groups is 1. The number of carbonyl (C=O) groups is 2. The Morgan fingerprint density at radius 2 is 1.72 bits per heavy atom. The van der Waals surface area contributed by atoms with Gasteiger partial charge in [0.2, 0.25) is 5.91 Å². The Balaban J connectivity index is 1.02. The number of hydrogen-bond acceptors (Lipinski definition) is 3.